The van der Waals surface area contributed by atoms with E-state index in [2.05, 4.69) is 10.5 Å². The number of aryl methyl sites for hydroxylation is 1. The SMILES string of the molecule is Cc1noc(-c2ccc(OC3CCCC(C(=O)O)C3)cc2)c1NC(=O)O[C@H](C)c1ccccc1C(F)(F)F. The maximum Gasteiger partial charge on any atom is 0.416 e. The van der Waals surface area contributed by atoms with Crippen LogP contribution in [0.3, 0.4) is 0 Å². The van der Waals surface area contributed by atoms with Crippen LogP contribution in [0.5, 0.6) is 5.75 Å². The number of hydrogen-bond acceptors (Lipinski definition) is 6. The lowest BCUT2D eigenvalue weighted by Crippen LogP contribution is -2.29. The molecule has 1 amide bonds. The Hall–Kier alpha value is -4.02. The van der Waals surface area contributed by atoms with E-state index in [1.54, 1.807) is 31.2 Å². The van der Waals surface area contributed by atoms with E-state index in [0.29, 0.717) is 29.8 Å². The molecule has 2 N–H and O–H groups in total. The lowest BCUT2D eigenvalue weighted by molar-refractivity contribution is -0.144. The van der Waals surface area contributed by atoms with Gasteiger partial charge in [-0.2, -0.15) is 13.2 Å². The summed E-state index contributed by atoms with van der Waals surface area (Å²) in [6, 6.07) is 11.7. The normalized spacial score (nSPS) is 18.4. The lowest BCUT2D eigenvalue weighted by atomic mass is 9.87. The number of rotatable bonds is 7. The van der Waals surface area contributed by atoms with Crippen LogP contribution in [0.15, 0.2) is 53.1 Å². The summed E-state index contributed by atoms with van der Waals surface area (Å²) in [7, 11) is 0. The predicted molar refractivity (Wildman–Crippen MR) is 131 cm³/mol. The molecule has 3 aromatic rings. The average molecular weight is 533 g/mol. The Morgan fingerprint density at radius 1 is 1.13 bits per heavy atom. The van der Waals surface area contributed by atoms with E-state index in [-0.39, 0.29) is 23.1 Å². The molecule has 4 rings (SSSR count). The van der Waals surface area contributed by atoms with E-state index in [9.17, 15) is 27.9 Å². The number of nitrogens with zero attached hydrogens (tertiary/aromatic N) is 1. The van der Waals surface area contributed by atoms with Crippen LogP contribution < -0.4 is 10.1 Å². The van der Waals surface area contributed by atoms with Gasteiger partial charge in [-0.1, -0.05) is 23.4 Å². The van der Waals surface area contributed by atoms with Crippen molar-refractivity contribution in [2.75, 3.05) is 5.32 Å². The highest BCUT2D eigenvalue weighted by atomic mass is 19.4. The van der Waals surface area contributed by atoms with Crippen LogP contribution in [0.4, 0.5) is 23.7 Å². The van der Waals surface area contributed by atoms with Crippen molar-refractivity contribution in [3.63, 3.8) is 0 Å². The number of aromatic nitrogens is 1. The number of aliphatic carboxylic acids is 1. The number of carbonyl (C=O) groups excluding carboxylic acids is 1. The number of nitrogens with one attached hydrogen (secondary N) is 1. The molecule has 3 atom stereocenters. The Labute approximate surface area is 216 Å². The third-order valence-electron chi connectivity index (χ3n) is 6.47. The van der Waals surface area contributed by atoms with Crippen LogP contribution in [-0.2, 0) is 15.7 Å². The fourth-order valence-electron chi connectivity index (χ4n) is 4.53. The van der Waals surface area contributed by atoms with E-state index < -0.39 is 35.8 Å². The monoisotopic (exact) mass is 532 g/mol. The maximum absolute atomic E-state index is 13.3. The summed E-state index contributed by atoms with van der Waals surface area (Å²) >= 11 is 0. The van der Waals surface area contributed by atoms with E-state index in [4.69, 9.17) is 14.0 Å². The molecule has 1 fully saturated rings. The minimum Gasteiger partial charge on any atom is -0.490 e. The third kappa shape index (κ3) is 6.27. The predicted octanol–water partition coefficient (Wildman–Crippen LogP) is 7.00. The van der Waals surface area contributed by atoms with Crippen LogP contribution in [0.25, 0.3) is 11.3 Å². The number of carboxylic acids is 1. The molecular weight excluding hydrogens is 505 g/mol. The van der Waals surface area contributed by atoms with Crippen molar-refractivity contribution in [3.8, 4) is 17.1 Å². The molecule has 1 aliphatic carbocycles. The topological polar surface area (TPSA) is 111 Å². The summed E-state index contributed by atoms with van der Waals surface area (Å²) in [5.41, 5.74) is 0.0895. The van der Waals surface area contributed by atoms with E-state index in [1.165, 1.54) is 25.1 Å². The first-order valence-corrected chi connectivity index (χ1v) is 12.1. The summed E-state index contributed by atoms with van der Waals surface area (Å²) in [4.78, 5) is 23.9. The highest BCUT2D eigenvalue weighted by molar-refractivity contribution is 5.90. The van der Waals surface area contributed by atoms with Crippen molar-refractivity contribution >= 4 is 17.7 Å². The second-order valence-corrected chi connectivity index (χ2v) is 9.20. The number of benzene rings is 2. The highest BCUT2D eigenvalue weighted by Crippen LogP contribution is 2.37. The molecule has 2 unspecified atom stereocenters. The Morgan fingerprint density at radius 3 is 2.53 bits per heavy atom. The molecular formula is C27H27F3N2O6. The summed E-state index contributed by atoms with van der Waals surface area (Å²) in [6.45, 7) is 2.96. The quantitative estimate of drug-likeness (QED) is 0.337. The van der Waals surface area contributed by atoms with Crippen molar-refractivity contribution in [1.29, 1.82) is 0 Å². The lowest BCUT2D eigenvalue weighted by Gasteiger charge is -2.27. The molecule has 0 bridgehead atoms. The zero-order valence-corrected chi connectivity index (χ0v) is 20.7. The van der Waals surface area contributed by atoms with Crippen LogP contribution in [-0.4, -0.2) is 28.4 Å². The van der Waals surface area contributed by atoms with Gasteiger partial charge in [-0.15, -0.1) is 0 Å². The smallest absolute Gasteiger partial charge is 0.416 e. The van der Waals surface area contributed by atoms with Gasteiger partial charge >= 0.3 is 18.2 Å². The van der Waals surface area contributed by atoms with Gasteiger partial charge in [0.05, 0.1) is 17.6 Å². The summed E-state index contributed by atoms with van der Waals surface area (Å²) < 4.78 is 56.6. The van der Waals surface area contributed by atoms with E-state index in [1.807, 2.05) is 0 Å². The summed E-state index contributed by atoms with van der Waals surface area (Å²) in [6.07, 6.45) is -4.28. The molecule has 38 heavy (non-hydrogen) atoms. The number of hydrogen-bond donors (Lipinski definition) is 2. The number of carbonyl (C=O) groups is 2. The van der Waals surface area contributed by atoms with Crippen molar-refractivity contribution in [2.45, 2.75) is 57.9 Å². The van der Waals surface area contributed by atoms with Crippen molar-refractivity contribution in [2.24, 2.45) is 5.92 Å². The second-order valence-electron chi connectivity index (χ2n) is 9.20. The van der Waals surface area contributed by atoms with E-state index >= 15 is 0 Å². The second kappa shape index (κ2) is 11.2. The molecule has 1 heterocycles. The van der Waals surface area contributed by atoms with Crippen LogP contribution in [0, 0.1) is 12.8 Å². The van der Waals surface area contributed by atoms with Crippen LogP contribution >= 0.6 is 0 Å². The molecule has 202 valence electrons. The van der Waals surface area contributed by atoms with E-state index in [0.717, 1.165) is 18.9 Å². The van der Waals surface area contributed by atoms with Crippen molar-refractivity contribution < 1.29 is 41.9 Å². The van der Waals surface area contributed by atoms with Gasteiger partial charge in [-0.05, 0) is 69.9 Å². The molecule has 1 saturated carbocycles. The number of anilines is 1. The zero-order chi connectivity index (χ0) is 27.4. The Balaban J connectivity index is 1.43. The highest BCUT2D eigenvalue weighted by Gasteiger charge is 2.35. The molecule has 2 aromatic carbocycles. The summed E-state index contributed by atoms with van der Waals surface area (Å²) in [5, 5.41) is 15.7. The van der Waals surface area contributed by atoms with Gasteiger partial charge in [0.1, 0.15) is 23.2 Å². The fourth-order valence-corrected chi connectivity index (χ4v) is 4.53. The van der Waals surface area contributed by atoms with Gasteiger partial charge in [0.15, 0.2) is 5.76 Å². The van der Waals surface area contributed by atoms with Crippen LogP contribution in [0.2, 0.25) is 0 Å². The first-order valence-electron chi connectivity index (χ1n) is 12.1. The fraction of sp³-hybridized carbons (Fsp3) is 0.370. The minimum atomic E-state index is -4.59. The largest absolute Gasteiger partial charge is 0.490 e. The number of alkyl halides is 3. The third-order valence-corrected chi connectivity index (χ3v) is 6.47. The van der Waals surface area contributed by atoms with Crippen molar-refractivity contribution in [3.05, 3.63) is 65.4 Å². The number of carboxylic acid groups (broad SMARTS) is 1. The standard InChI is InChI=1S/C27H27F3N2O6/c1-15-23(31-26(35)36-16(2)21-8-3-4-9-22(21)27(28,29)30)24(38-32-15)17-10-12-19(13-11-17)37-20-7-5-6-18(14-20)25(33)34/h3-4,8-13,16,18,20H,5-7,14H2,1-2H3,(H,31,35)(H,33,34)/t16-,18?,20?/m1/s1. The van der Waals surface area contributed by atoms with Gasteiger partial charge in [0.25, 0.3) is 0 Å². The van der Waals surface area contributed by atoms with Gasteiger partial charge in [-0.25, -0.2) is 4.79 Å². The van der Waals surface area contributed by atoms with Gasteiger partial charge in [-0.3, -0.25) is 10.1 Å². The number of halogens is 3. The van der Waals surface area contributed by atoms with Crippen molar-refractivity contribution in [1.82, 2.24) is 5.16 Å². The van der Waals surface area contributed by atoms with Crippen LogP contribution in [0.1, 0.15) is 55.5 Å². The van der Waals surface area contributed by atoms with Gasteiger partial charge in [0, 0.05) is 11.1 Å². The average Bonchev–Trinajstić information content (AvgIpc) is 3.23. The van der Waals surface area contributed by atoms with Gasteiger partial charge < -0.3 is 19.1 Å². The molecule has 1 aliphatic rings. The Bertz CT molecular complexity index is 1290. The first kappa shape index (κ1) is 27.0. The zero-order valence-electron chi connectivity index (χ0n) is 20.7. The Morgan fingerprint density at radius 2 is 1.84 bits per heavy atom. The molecule has 1 aromatic heterocycles. The number of amides is 1. The molecule has 8 nitrogen and oxygen atoms in total. The Kier molecular flexibility index (Phi) is 7.94. The van der Waals surface area contributed by atoms with Gasteiger partial charge in [0.2, 0.25) is 0 Å². The molecule has 0 saturated heterocycles. The molecule has 0 aliphatic heterocycles. The maximum atomic E-state index is 13.3. The molecule has 11 heteroatoms. The first-order chi connectivity index (χ1) is 18.0. The minimum absolute atomic E-state index is 0.166. The summed E-state index contributed by atoms with van der Waals surface area (Å²) in [5.74, 6) is -0.430. The number of ether oxygens (including phenoxy) is 2. The molecule has 0 radical (unpaired) electrons. The molecule has 0 spiro atoms.